The Hall–Kier alpha value is -2.97. The Morgan fingerprint density at radius 2 is 2.03 bits per heavy atom. The van der Waals surface area contributed by atoms with E-state index in [9.17, 15) is 19.6 Å². The van der Waals surface area contributed by atoms with Crippen LogP contribution in [0.3, 0.4) is 0 Å². The number of carbonyl (C=O) groups is 3. The fourth-order valence-electron chi connectivity index (χ4n) is 4.85. The van der Waals surface area contributed by atoms with Crippen molar-refractivity contribution in [2.24, 2.45) is 5.10 Å². The molecule has 1 aromatic carbocycles. The maximum absolute atomic E-state index is 12.2. The molecule has 1 aliphatic heterocycles. The lowest BCUT2D eigenvalue weighted by Crippen LogP contribution is -2.56. The third-order valence-electron chi connectivity index (χ3n) is 6.91. The van der Waals surface area contributed by atoms with E-state index in [0.29, 0.717) is 48.9 Å². The molecular formula is C24H28BrN5O5. The zero-order chi connectivity index (χ0) is 25.2. The van der Waals surface area contributed by atoms with E-state index in [-0.39, 0.29) is 12.1 Å². The number of nitriles is 1. The van der Waals surface area contributed by atoms with Crippen LogP contribution in [-0.4, -0.2) is 54.0 Å². The second kappa shape index (κ2) is 9.95. The molecule has 10 nitrogen and oxygen atoms in total. The van der Waals surface area contributed by atoms with Gasteiger partial charge in [0, 0.05) is 29.2 Å². The molecule has 2 fully saturated rings. The van der Waals surface area contributed by atoms with Gasteiger partial charge in [0.05, 0.1) is 17.2 Å². The molecule has 3 aliphatic rings. The average molecular weight is 546 g/mol. The van der Waals surface area contributed by atoms with Gasteiger partial charge in [-0.25, -0.2) is 10.2 Å². The maximum Gasteiger partial charge on any atom is 0.428 e. The van der Waals surface area contributed by atoms with Gasteiger partial charge in [0.25, 0.3) is 0 Å². The first kappa shape index (κ1) is 25.1. The molecule has 11 heteroatoms. The summed E-state index contributed by atoms with van der Waals surface area (Å²) in [5.74, 6) is -1.26. The van der Waals surface area contributed by atoms with Crippen LogP contribution in [0.1, 0.15) is 63.0 Å². The van der Waals surface area contributed by atoms with Gasteiger partial charge in [-0.15, -0.1) is 0 Å². The maximum atomic E-state index is 12.2. The van der Waals surface area contributed by atoms with E-state index >= 15 is 0 Å². The summed E-state index contributed by atoms with van der Waals surface area (Å²) in [6.45, 7) is 1.84. The van der Waals surface area contributed by atoms with E-state index in [2.05, 4.69) is 43.2 Å². The lowest BCUT2D eigenvalue weighted by atomic mass is 9.70. The van der Waals surface area contributed by atoms with Crippen LogP contribution in [0.2, 0.25) is 0 Å². The molecule has 2 saturated carbocycles. The van der Waals surface area contributed by atoms with Gasteiger partial charge in [0.15, 0.2) is 5.60 Å². The molecule has 1 spiro atoms. The second-order valence-corrected chi connectivity index (χ2v) is 10.3. The van der Waals surface area contributed by atoms with Crippen LogP contribution in [-0.2, 0) is 19.1 Å². The number of ether oxygens (including phenoxy) is 2. The monoisotopic (exact) mass is 545 g/mol. The topological polar surface area (TPSA) is 142 Å². The van der Waals surface area contributed by atoms with Crippen LogP contribution in [0, 0.1) is 11.3 Å². The molecule has 1 heterocycles. The number of benzene rings is 1. The van der Waals surface area contributed by atoms with Crippen molar-refractivity contribution in [3.05, 3.63) is 33.8 Å². The molecule has 0 saturated heterocycles. The van der Waals surface area contributed by atoms with Crippen molar-refractivity contribution < 1.29 is 23.9 Å². The average Bonchev–Trinajstić information content (AvgIpc) is 3.65. The SMILES string of the molecule is COC1(C[C@H](C)NC(=O)C(=O)NC2CC2)CCC2(CC1)OC(=O)NN=C2c1cc(C#N)ccc1Br. The van der Waals surface area contributed by atoms with Crippen molar-refractivity contribution in [2.75, 3.05) is 7.11 Å². The van der Waals surface area contributed by atoms with Crippen molar-refractivity contribution in [1.82, 2.24) is 16.1 Å². The number of hydrogen-bond acceptors (Lipinski definition) is 7. The van der Waals surface area contributed by atoms with Gasteiger partial charge in [-0.2, -0.15) is 10.4 Å². The van der Waals surface area contributed by atoms with E-state index in [1.165, 1.54) is 0 Å². The summed E-state index contributed by atoms with van der Waals surface area (Å²) in [5.41, 5.74) is 2.54. The Bertz CT molecular complexity index is 1100. The van der Waals surface area contributed by atoms with E-state index in [4.69, 9.17) is 9.47 Å². The summed E-state index contributed by atoms with van der Waals surface area (Å²) in [5, 5.41) is 19.1. The Morgan fingerprint density at radius 3 is 2.66 bits per heavy atom. The number of nitrogens with zero attached hydrogens (tertiary/aromatic N) is 2. The molecule has 1 aromatic rings. The smallest absolute Gasteiger partial charge is 0.428 e. The number of hydrogen-bond donors (Lipinski definition) is 3. The van der Waals surface area contributed by atoms with Crippen molar-refractivity contribution in [3.8, 4) is 6.07 Å². The summed E-state index contributed by atoms with van der Waals surface area (Å²) < 4.78 is 12.5. The first-order chi connectivity index (χ1) is 16.7. The van der Waals surface area contributed by atoms with Gasteiger partial charge < -0.3 is 20.1 Å². The zero-order valence-electron chi connectivity index (χ0n) is 19.7. The first-order valence-corrected chi connectivity index (χ1v) is 12.4. The molecule has 3 N–H and O–H groups in total. The van der Waals surface area contributed by atoms with Gasteiger partial charge in [-0.3, -0.25) is 9.59 Å². The highest BCUT2D eigenvalue weighted by Gasteiger charge is 2.51. The van der Waals surface area contributed by atoms with Crippen molar-refractivity contribution in [1.29, 1.82) is 5.26 Å². The third-order valence-corrected chi connectivity index (χ3v) is 7.60. The Balaban J connectivity index is 1.48. The van der Waals surface area contributed by atoms with Crippen molar-refractivity contribution in [2.45, 2.75) is 75.2 Å². The highest BCUT2D eigenvalue weighted by molar-refractivity contribution is 9.10. The van der Waals surface area contributed by atoms with Crippen LogP contribution >= 0.6 is 15.9 Å². The summed E-state index contributed by atoms with van der Waals surface area (Å²) in [6, 6.07) is 7.12. The van der Waals surface area contributed by atoms with E-state index in [0.717, 1.165) is 17.3 Å². The number of amides is 3. The van der Waals surface area contributed by atoms with Crippen LogP contribution < -0.4 is 16.1 Å². The van der Waals surface area contributed by atoms with Crippen molar-refractivity contribution in [3.63, 3.8) is 0 Å². The molecular weight excluding hydrogens is 518 g/mol. The summed E-state index contributed by atoms with van der Waals surface area (Å²) >= 11 is 3.53. The predicted octanol–water partition coefficient (Wildman–Crippen LogP) is 2.64. The predicted molar refractivity (Wildman–Crippen MR) is 129 cm³/mol. The third kappa shape index (κ3) is 5.49. The number of carbonyl (C=O) groups excluding carboxylic acids is 3. The number of rotatable bonds is 6. The zero-order valence-corrected chi connectivity index (χ0v) is 21.2. The van der Waals surface area contributed by atoms with Gasteiger partial charge in [-0.05, 0) is 70.1 Å². The summed E-state index contributed by atoms with van der Waals surface area (Å²) in [7, 11) is 1.63. The van der Waals surface area contributed by atoms with E-state index in [1.807, 2.05) is 6.92 Å². The van der Waals surface area contributed by atoms with Crippen LogP contribution in [0.25, 0.3) is 0 Å². The molecule has 186 valence electrons. The Morgan fingerprint density at radius 1 is 1.31 bits per heavy atom. The lowest BCUT2D eigenvalue weighted by molar-refractivity contribution is -0.140. The Labute approximate surface area is 211 Å². The molecule has 1 atom stereocenters. The largest absolute Gasteiger partial charge is 0.435 e. The molecule has 0 radical (unpaired) electrons. The molecule has 0 bridgehead atoms. The highest BCUT2D eigenvalue weighted by Crippen LogP contribution is 2.45. The standard InChI is InChI=1S/C24H28BrN5O5/c1-14(27-20(31)21(32)28-16-4-5-16)12-23(34-2)7-9-24(10-8-23)19(29-30-22(33)35-24)17-11-15(13-26)3-6-18(17)25/h3,6,11,14,16H,4-5,7-10,12H2,1-2H3,(H,27,31)(H,28,32)(H,30,33)/t14-,23?,24?/m0/s1. The lowest BCUT2D eigenvalue weighted by Gasteiger charge is -2.47. The Kier molecular flexibility index (Phi) is 7.15. The summed E-state index contributed by atoms with van der Waals surface area (Å²) in [4.78, 5) is 36.4. The quantitative estimate of drug-likeness (QED) is 0.469. The van der Waals surface area contributed by atoms with Crippen LogP contribution in [0.15, 0.2) is 27.8 Å². The van der Waals surface area contributed by atoms with Gasteiger partial charge >= 0.3 is 17.9 Å². The molecule has 4 rings (SSSR count). The molecule has 35 heavy (non-hydrogen) atoms. The van der Waals surface area contributed by atoms with Gasteiger partial charge in [0.1, 0.15) is 5.71 Å². The fraction of sp³-hybridized carbons (Fsp3) is 0.542. The first-order valence-electron chi connectivity index (χ1n) is 11.6. The van der Waals surface area contributed by atoms with E-state index in [1.54, 1.807) is 25.3 Å². The van der Waals surface area contributed by atoms with Crippen LogP contribution in [0.4, 0.5) is 4.79 Å². The van der Waals surface area contributed by atoms with Gasteiger partial charge in [0.2, 0.25) is 0 Å². The highest BCUT2D eigenvalue weighted by atomic mass is 79.9. The van der Waals surface area contributed by atoms with E-state index < -0.39 is 29.1 Å². The minimum absolute atomic E-state index is 0.112. The number of methoxy groups -OCH3 is 1. The molecule has 3 amide bonds. The molecule has 0 aromatic heterocycles. The minimum Gasteiger partial charge on any atom is -0.435 e. The second-order valence-electron chi connectivity index (χ2n) is 9.48. The van der Waals surface area contributed by atoms with Gasteiger partial charge in [-0.1, -0.05) is 15.9 Å². The minimum atomic E-state index is -0.975. The number of nitrogens with one attached hydrogen (secondary N) is 3. The van der Waals surface area contributed by atoms with Crippen molar-refractivity contribution >= 4 is 39.5 Å². The number of hydrazone groups is 1. The summed E-state index contributed by atoms with van der Waals surface area (Å²) in [6.07, 6.45) is 3.65. The van der Waals surface area contributed by atoms with Crippen LogP contribution in [0.5, 0.6) is 0 Å². The molecule has 2 aliphatic carbocycles. The normalized spacial score (nSPS) is 26.6. The fourth-order valence-corrected chi connectivity index (χ4v) is 5.29. The number of halogens is 1. The molecule has 0 unspecified atom stereocenters.